The molecule has 1 nitrogen and oxygen atoms in total. The molecule has 1 aliphatic heterocycles. The molecule has 2 unspecified atom stereocenters. The minimum atomic E-state index is 0.737. The van der Waals surface area contributed by atoms with Crippen molar-refractivity contribution in [3.63, 3.8) is 0 Å². The van der Waals surface area contributed by atoms with Gasteiger partial charge in [0.05, 0.1) is 0 Å². The molecular formula is C13H19N. The predicted molar refractivity (Wildman–Crippen MR) is 60.6 cm³/mol. The van der Waals surface area contributed by atoms with Crippen LogP contribution in [0, 0.1) is 12.8 Å². The number of aryl methyl sites for hydroxylation is 1. The van der Waals surface area contributed by atoms with Gasteiger partial charge in [0.1, 0.15) is 0 Å². The standard InChI is InChI=1S/C13H19N/c1-3-11-8-14-9-13(11)12-7-5-4-6-10(12)2/h4-7,11,13-14H,3,8-9H2,1-2H3. The monoisotopic (exact) mass is 189 g/mol. The van der Waals surface area contributed by atoms with Crippen molar-refractivity contribution in [1.82, 2.24) is 5.32 Å². The second-order valence-electron chi connectivity index (χ2n) is 4.29. The quantitative estimate of drug-likeness (QED) is 0.754. The Morgan fingerprint density at radius 1 is 1.29 bits per heavy atom. The number of nitrogens with one attached hydrogen (secondary N) is 1. The highest BCUT2D eigenvalue weighted by atomic mass is 14.9. The molecule has 0 bridgehead atoms. The van der Waals surface area contributed by atoms with Crippen molar-refractivity contribution in [3.8, 4) is 0 Å². The first-order valence-corrected chi connectivity index (χ1v) is 5.59. The summed E-state index contributed by atoms with van der Waals surface area (Å²) in [5, 5.41) is 3.50. The van der Waals surface area contributed by atoms with Gasteiger partial charge < -0.3 is 5.32 Å². The van der Waals surface area contributed by atoms with Crippen LogP contribution >= 0.6 is 0 Å². The first kappa shape index (κ1) is 9.72. The van der Waals surface area contributed by atoms with Crippen molar-refractivity contribution in [2.75, 3.05) is 13.1 Å². The van der Waals surface area contributed by atoms with Gasteiger partial charge in [0.2, 0.25) is 0 Å². The van der Waals surface area contributed by atoms with Crippen LogP contribution in [0.25, 0.3) is 0 Å². The smallest absolute Gasteiger partial charge is 0.00235 e. The van der Waals surface area contributed by atoms with Crippen molar-refractivity contribution in [3.05, 3.63) is 35.4 Å². The maximum absolute atomic E-state index is 3.50. The summed E-state index contributed by atoms with van der Waals surface area (Å²) in [4.78, 5) is 0. The Balaban J connectivity index is 2.26. The van der Waals surface area contributed by atoms with Gasteiger partial charge in [-0.25, -0.2) is 0 Å². The molecule has 1 aliphatic rings. The first-order valence-electron chi connectivity index (χ1n) is 5.59. The average molecular weight is 189 g/mol. The minimum Gasteiger partial charge on any atom is -0.316 e. The summed E-state index contributed by atoms with van der Waals surface area (Å²) in [5.74, 6) is 1.57. The van der Waals surface area contributed by atoms with Gasteiger partial charge in [0.25, 0.3) is 0 Å². The molecule has 0 saturated carbocycles. The predicted octanol–water partition coefficient (Wildman–Crippen LogP) is 2.71. The molecule has 1 saturated heterocycles. The molecule has 0 spiro atoms. The molecule has 14 heavy (non-hydrogen) atoms. The lowest BCUT2D eigenvalue weighted by Crippen LogP contribution is -2.10. The van der Waals surface area contributed by atoms with Gasteiger partial charge in [-0.1, -0.05) is 37.6 Å². The van der Waals surface area contributed by atoms with E-state index in [0.717, 1.165) is 18.4 Å². The van der Waals surface area contributed by atoms with Crippen molar-refractivity contribution < 1.29 is 0 Å². The molecule has 2 rings (SSSR count). The fraction of sp³-hybridized carbons (Fsp3) is 0.538. The normalized spacial score (nSPS) is 26.7. The zero-order valence-electron chi connectivity index (χ0n) is 9.09. The van der Waals surface area contributed by atoms with Gasteiger partial charge in [-0.3, -0.25) is 0 Å². The molecule has 1 heteroatoms. The number of benzene rings is 1. The molecule has 2 atom stereocenters. The zero-order valence-corrected chi connectivity index (χ0v) is 9.09. The van der Waals surface area contributed by atoms with Crippen LogP contribution in [0.3, 0.4) is 0 Å². The van der Waals surface area contributed by atoms with Crippen molar-refractivity contribution in [1.29, 1.82) is 0 Å². The summed E-state index contributed by atoms with van der Waals surface area (Å²) in [5.41, 5.74) is 2.99. The summed E-state index contributed by atoms with van der Waals surface area (Å²) in [6.45, 7) is 6.86. The van der Waals surface area contributed by atoms with E-state index in [9.17, 15) is 0 Å². The van der Waals surface area contributed by atoms with Crippen molar-refractivity contribution in [2.24, 2.45) is 5.92 Å². The summed E-state index contributed by atoms with van der Waals surface area (Å²) in [6.07, 6.45) is 1.28. The minimum absolute atomic E-state index is 0.737. The summed E-state index contributed by atoms with van der Waals surface area (Å²) < 4.78 is 0. The maximum Gasteiger partial charge on any atom is 0.00235 e. The largest absolute Gasteiger partial charge is 0.316 e. The molecule has 1 aromatic rings. The molecule has 1 aromatic carbocycles. The SMILES string of the molecule is CCC1CNCC1c1ccccc1C. The van der Waals surface area contributed by atoms with Crippen LogP contribution in [-0.4, -0.2) is 13.1 Å². The Morgan fingerprint density at radius 2 is 2.07 bits per heavy atom. The van der Waals surface area contributed by atoms with E-state index >= 15 is 0 Å². The van der Waals surface area contributed by atoms with E-state index in [0.29, 0.717) is 0 Å². The Kier molecular flexibility index (Phi) is 2.87. The topological polar surface area (TPSA) is 12.0 Å². The highest BCUT2D eigenvalue weighted by Gasteiger charge is 2.27. The van der Waals surface area contributed by atoms with Crippen LogP contribution in [0.15, 0.2) is 24.3 Å². The summed E-state index contributed by atoms with van der Waals surface area (Å²) >= 11 is 0. The number of hydrogen-bond donors (Lipinski definition) is 1. The first-order chi connectivity index (χ1) is 6.83. The van der Waals surface area contributed by atoms with E-state index in [-0.39, 0.29) is 0 Å². The van der Waals surface area contributed by atoms with Crippen LogP contribution in [0.5, 0.6) is 0 Å². The lowest BCUT2D eigenvalue weighted by molar-refractivity contribution is 0.501. The van der Waals surface area contributed by atoms with Crippen LogP contribution < -0.4 is 5.32 Å². The van der Waals surface area contributed by atoms with Crippen LogP contribution in [0.2, 0.25) is 0 Å². The van der Waals surface area contributed by atoms with E-state index in [1.54, 1.807) is 5.56 Å². The molecule has 76 valence electrons. The van der Waals surface area contributed by atoms with Crippen LogP contribution in [-0.2, 0) is 0 Å². The van der Waals surface area contributed by atoms with E-state index < -0.39 is 0 Å². The summed E-state index contributed by atoms with van der Waals surface area (Å²) in [7, 11) is 0. The average Bonchev–Trinajstić information content (AvgIpc) is 2.66. The highest BCUT2D eigenvalue weighted by molar-refractivity contribution is 5.30. The van der Waals surface area contributed by atoms with E-state index in [1.165, 1.54) is 18.5 Å². The maximum atomic E-state index is 3.50. The van der Waals surface area contributed by atoms with Gasteiger partial charge in [0.15, 0.2) is 0 Å². The Labute approximate surface area is 86.5 Å². The van der Waals surface area contributed by atoms with E-state index in [2.05, 4.69) is 43.4 Å². The highest BCUT2D eigenvalue weighted by Crippen LogP contribution is 2.31. The molecule has 0 radical (unpaired) electrons. The van der Waals surface area contributed by atoms with Gasteiger partial charge in [-0.15, -0.1) is 0 Å². The molecule has 0 aliphatic carbocycles. The fourth-order valence-electron chi connectivity index (χ4n) is 2.53. The zero-order chi connectivity index (χ0) is 9.97. The molecule has 1 fully saturated rings. The van der Waals surface area contributed by atoms with Crippen LogP contribution in [0.1, 0.15) is 30.4 Å². The lowest BCUT2D eigenvalue weighted by atomic mass is 9.85. The Morgan fingerprint density at radius 3 is 2.79 bits per heavy atom. The third-order valence-electron chi connectivity index (χ3n) is 3.45. The Bertz CT molecular complexity index is 306. The number of rotatable bonds is 2. The van der Waals surface area contributed by atoms with Crippen LogP contribution in [0.4, 0.5) is 0 Å². The van der Waals surface area contributed by atoms with Gasteiger partial charge in [-0.05, 0) is 30.5 Å². The third-order valence-corrected chi connectivity index (χ3v) is 3.45. The molecule has 1 heterocycles. The Hall–Kier alpha value is -0.820. The third kappa shape index (κ3) is 1.69. The van der Waals surface area contributed by atoms with Gasteiger partial charge in [-0.2, -0.15) is 0 Å². The number of hydrogen-bond acceptors (Lipinski definition) is 1. The second kappa shape index (κ2) is 4.14. The van der Waals surface area contributed by atoms with Gasteiger partial charge in [0, 0.05) is 12.5 Å². The summed E-state index contributed by atoms with van der Waals surface area (Å²) in [6, 6.07) is 8.80. The van der Waals surface area contributed by atoms with Crippen molar-refractivity contribution in [2.45, 2.75) is 26.2 Å². The molecule has 1 N–H and O–H groups in total. The lowest BCUT2D eigenvalue weighted by Gasteiger charge is -2.19. The molecule has 0 aromatic heterocycles. The molecule has 0 amide bonds. The van der Waals surface area contributed by atoms with E-state index in [1.807, 2.05) is 0 Å². The fourth-order valence-corrected chi connectivity index (χ4v) is 2.53. The second-order valence-corrected chi connectivity index (χ2v) is 4.29. The molecular weight excluding hydrogens is 170 g/mol. The van der Waals surface area contributed by atoms with Gasteiger partial charge >= 0.3 is 0 Å². The van der Waals surface area contributed by atoms with Crippen molar-refractivity contribution >= 4 is 0 Å². The van der Waals surface area contributed by atoms with E-state index in [4.69, 9.17) is 0 Å².